The number of carbonyl (C=O) groups is 1. The van der Waals surface area contributed by atoms with Crippen LogP contribution in [0.15, 0.2) is 94.7 Å². The zero-order valence-corrected chi connectivity index (χ0v) is 19.3. The highest BCUT2D eigenvalue weighted by Crippen LogP contribution is 2.28. The van der Waals surface area contributed by atoms with E-state index in [4.69, 9.17) is 9.15 Å². The van der Waals surface area contributed by atoms with Crippen molar-refractivity contribution in [1.82, 2.24) is 14.8 Å². The van der Waals surface area contributed by atoms with Crippen LogP contribution in [0.5, 0.6) is 5.75 Å². The van der Waals surface area contributed by atoms with Crippen LogP contribution in [-0.2, 0) is 11.3 Å². The van der Waals surface area contributed by atoms with E-state index < -0.39 is 0 Å². The summed E-state index contributed by atoms with van der Waals surface area (Å²) in [5.74, 6) is 2.25. The number of nitrogens with one attached hydrogen (secondary N) is 1. The van der Waals surface area contributed by atoms with Gasteiger partial charge >= 0.3 is 0 Å². The molecule has 0 bridgehead atoms. The third kappa shape index (κ3) is 4.67. The number of thioether (sulfide) groups is 1. The summed E-state index contributed by atoms with van der Waals surface area (Å²) in [6.45, 7) is 0.444. The predicted octanol–water partition coefficient (Wildman–Crippen LogP) is 5.48. The molecule has 170 valence electrons. The Morgan fingerprint density at radius 2 is 1.88 bits per heavy atom. The molecule has 0 fully saturated rings. The van der Waals surface area contributed by atoms with E-state index in [2.05, 4.69) is 15.5 Å². The Hall–Kier alpha value is -4.04. The number of anilines is 1. The second kappa shape index (κ2) is 9.84. The number of amides is 1. The van der Waals surface area contributed by atoms with Crippen molar-refractivity contribution in [3.05, 3.63) is 90.9 Å². The van der Waals surface area contributed by atoms with E-state index in [1.165, 1.54) is 11.8 Å². The van der Waals surface area contributed by atoms with Crippen LogP contribution in [0.3, 0.4) is 0 Å². The Kier molecular flexibility index (Phi) is 6.31. The molecule has 7 nitrogen and oxygen atoms in total. The first kappa shape index (κ1) is 21.8. The molecule has 0 spiro atoms. The van der Waals surface area contributed by atoms with Gasteiger partial charge in [-0.3, -0.25) is 9.36 Å². The summed E-state index contributed by atoms with van der Waals surface area (Å²) in [7, 11) is 1.63. The van der Waals surface area contributed by atoms with Crippen LogP contribution in [-0.4, -0.2) is 33.5 Å². The normalized spacial score (nSPS) is 11.0. The molecule has 0 aliphatic rings. The van der Waals surface area contributed by atoms with Crippen LogP contribution in [0.1, 0.15) is 5.76 Å². The number of rotatable bonds is 8. The van der Waals surface area contributed by atoms with Crippen LogP contribution in [0.25, 0.3) is 22.2 Å². The number of nitrogens with zero attached hydrogens (tertiary/aromatic N) is 3. The van der Waals surface area contributed by atoms with Crippen LogP contribution in [0.4, 0.5) is 5.69 Å². The van der Waals surface area contributed by atoms with Gasteiger partial charge in [0.15, 0.2) is 11.0 Å². The van der Waals surface area contributed by atoms with E-state index in [1.54, 1.807) is 13.4 Å². The molecule has 1 N–H and O–H groups in total. The zero-order chi connectivity index (χ0) is 23.3. The lowest BCUT2D eigenvalue weighted by molar-refractivity contribution is -0.113. The Morgan fingerprint density at radius 3 is 2.74 bits per heavy atom. The molecular formula is C26H22N4O3S. The molecule has 0 atom stereocenters. The molecule has 8 heteroatoms. The third-order valence-corrected chi connectivity index (χ3v) is 6.30. The van der Waals surface area contributed by atoms with Gasteiger partial charge in [-0.2, -0.15) is 0 Å². The summed E-state index contributed by atoms with van der Waals surface area (Å²) in [5.41, 5.74) is 1.66. The average molecular weight is 471 g/mol. The molecule has 3 aromatic carbocycles. The maximum absolute atomic E-state index is 12.8. The number of hydrogen-bond donors (Lipinski definition) is 1. The van der Waals surface area contributed by atoms with Crippen LogP contribution in [0, 0.1) is 0 Å². The van der Waals surface area contributed by atoms with Crippen molar-refractivity contribution in [3.8, 4) is 17.1 Å². The summed E-state index contributed by atoms with van der Waals surface area (Å²) in [6.07, 6.45) is 1.63. The Morgan fingerprint density at radius 1 is 1.03 bits per heavy atom. The maximum atomic E-state index is 12.8. The fraction of sp³-hybridized carbons (Fsp3) is 0.115. The minimum atomic E-state index is -0.114. The van der Waals surface area contributed by atoms with Crippen LogP contribution in [0.2, 0.25) is 0 Å². The van der Waals surface area contributed by atoms with Crippen molar-refractivity contribution < 1.29 is 13.9 Å². The van der Waals surface area contributed by atoms with Crippen molar-refractivity contribution in [2.24, 2.45) is 0 Å². The molecule has 0 unspecified atom stereocenters. The molecule has 2 aromatic heterocycles. The van der Waals surface area contributed by atoms with Gasteiger partial charge in [0, 0.05) is 16.6 Å². The molecule has 5 rings (SSSR count). The van der Waals surface area contributed by atoms with E-state index in [9.17, 15) is 4.79 Å². The second-order valence-electron chi connectivity index (χ2n) is 7.57. The van der Waals surface area contributed by atoms with Gasteiger partial charge in [-0.1, -0.05) is 60.3 Å². The monoisotopic (exact) mass is 470 g/mol. The van der Waals surface area contributed by atoms with Gasteiger partial charge in [-0.25, -0.2) is 0 Å². The molecule has 2 heterocycles. The molecule has 0 aliphatic carbocycles. The van der Waals surface area contributed by atoms with Gasteiger partial charge in [0.05, 0.1) is 25.7 Å². The number of ether oxygens (including phenoxy) is 1. The summed E-state index contributed by atoms with van der Waals surface area (Å²) in [6, 6.07) is 25.2. The highest BCUT2D eigenvalue weighted by molar-refractivity contribution is 7.99. The fourth-order valence-corrected chi connectivity index (χ4v) is 4.46. The molecule has 0 saturated carbocycles. The quantitative estimate of drug-likeness (QED) is 0.303. The van der Waals surface area contributed by atoms with Crippen molar-refractivity contribution in [3.63, 3.8) is 0 Å². The summed E-state index contributed by atoms with van der Waals surface area (Å²) >= 11 is 1.33. The van der Waals surface area contributed by atoms with E-state index in [0.29, 0.717) is 17.5 Å². The van der Waals surface area contributed by atoms with Gasteiger partial charge in [-0.15, -0.1) is 10.2 Å². The number of furan rings is 1. The highest BCUT2D eigenvalue weighted by Gasteiger charge is 2.18. The van der Waals surface area contributed by atoms with Gasteiger partial charge in [-0.05, 0) is 35.7 Å². The topological polar surface area (TPSA) is 82.2 Å². The average Bonchev–Trinajstić information content (AvgIpc) is 3.53. The third-order valence-electron chi connectivity index (χ3n) is 5.33. The largest absolute Gasteiger partial charge is 0.497 e. The van der Waals surface area contributed by atoms with Crippen LogP contribution < -0.4 is 10.1 Å². The lowest BCUT2D eigenvalue weighted by Gasteiger charge is -2.11. The van der Waals surface area contributed by atoms with E-state index in [1.807, 2.05) is 83.4 Å². The lowest BCUT2D eigenvalue weighted by Crippen LogP contribution is -2.15. The summed E-state index contributed by atoms with van der Waals surface area (Å²) < 4.78 is 12.9. The number of carbonyl (C=O) groups excluding carboxylic acids is 1. The molecule has 0 saturated heterocycles. The molecule has 1 amide bonds. The number of methoxy groups -OCH3 is 1. The van der Waals surface area contributed by atoms with Gasteiger partial charge < -0.3 is 14.5 Å². The SMILES string of the molecule is COc1cccc(-c2nnc(SCC(=O)Nc3cccc4ccccc34)n2Cc2ccco2)c1. The number of benzene rings is 3. The van der Waals surface area contributed by atoms with Gasteiger partial charge in [0.2, 0.25) is 5.91 Å². The zero-order valence-electron chi connectivity index (χ0n) is 18.5. The first-order valence-corrected chi connectivity index (χ1v) is 11.7. The fourth-order valence-electron chi connectivity index (χ4n) is 3.72. The lowest BCUT2D eigenvalue weighted by atomic mass is 10.1. The first-order valence-electron chi connectivity index (χ1n) is 10.7. The van der Waals surface area contributed by atoms with E-state index in [0.717, 1.165) is 33.5 Å². The smallest absolute Gasteiger partial charge is 0.234 e. The van der Waals surface area contributed by atoms with Gasteiger partial charge in [0.25, 0.3) is 0 Å². The molecule has 34 heavy (non-hydrogen) atoms. The number of fused-ring (bicyclic) bond motifs is 1. The van der Waals surface area contributed by atoms with Crippen molar-refractivity contribution in [1.29, 1.82) is 0 Å². The molecular weight excluding hydrogens is 448 g/mol. The molecule has 0 radical (unpaired) electrons. The Bertz CT molecular complexity index is 1420. The van der Waals surface area contributed by atoms with Crippen molar-refractivity contribution in [2.45, 2.75) is 11.7 Å². The van der Waals surface area contributed by atoms with Crippen molar-refractivity contribution >= 4 is 34.1 Å². The summed E-state index contributed by atoms with van der Waals surface area (Å²) in [4.78, 5) is 12.8. The number of aromatic nitrogens is 3. The minimum Gasteiger partial charge on any atom is -0.497 e. The highest BCUT2D eigenvalue weighted by atomic mass is 32.2. The second-order valence-corrected chi connectivity index (χ2v) is 8.51. The predicted molar refractivity (Wildman–Crippen MR) is 133 cm³/mol. The minimum absolute atomic E-state index is 0.114. The summed E-state index contributed by atoms with van der Waals surface area (Å²) in [5, 5.41) is 14.5. The van der Waals surface area contributed by atoms with Crippen molar-refractivity contribution in [2.75, 3.05) is 18.2 Å². The molecule has 0 aliphatic heterocycles. The maximum Gasteiger partial charge on any atom is 0.234 e. The van der Waals surface area contributed by atoms with Gasteiger partial charge in [0.1, 0.15) is 11.5 Å². The van der Waals surface area contributed by atoms with E-state index >= 15 is 0 Å². The molecule has 5 aromatic rings. The first-order chi connectivity index (χ1) is 16.7. The number of hydrogen-bond acceptors (Lipinski definition) is 6. The standard InChI is InChI=1S/C26H22N4O3S/c1-32-20-10-4-9-19(15-20)25-28-29-26(30(25)16-21-11-6-14-33-21)34-17-24(31)27-23-13-5-8-18-7-2-3-12-22(18)23/h2-15H,16-17H2,1H3,(H,27,31). The van der Waals surface area contributed by atoms with E-state index in [-0.39, 0.29) is 11.7 Å². The van der Waals surface area contributed by atoms with Crippen LogP contribution >= 0.6 is 11.8 Å². The Labute approximate surface area is 200 Å². The Balaban J connectivity index is 1.37.